The molecule has 0 bridgehead atoms. The summed E-state index contributed by atoms with van der Waals surface area (Å²) in [4.78, 5) is 19.2. The van der Waals surface area contributed by atoms with Crippen molar-refractivity contribution in [1.82, 2.24) is 20.7 Å². The molecule has 0 saturated carbocycles. The third-order valence-corrected chi connectivity index (χ3v) is 7.63. The number of carbonyl (C=O) groups is 1. The number of carbonyl (C=O) groups excluding carboxylic acids is 1. The first-order chi connectivity index (χ1) is 17.7. The summed E-state index contributed by atoms with van der Waals surface area (Å²) in [5, 5.41) is 1.12. The topological polar surface area (TPSA) is 78.6 Å². The van der Waals surface area contributed by atoms with Gasteiger partial charge in [0.1, 0.15) is 17.5 Å². The van der Waals surface area contributed by atoms with Crippen LogP contribution >= 0.6 is 0 Å². The normalized spacial score (nSPS) is 23.3. The van der Waals surface area contributed by atoms with Crippen molar-refractivity contribution in [1.29, 1.82) is 0 Å². The van der Waals surface area contributed by atoms with Crippen LogP contribution in [0.2, 0.25) is 0 Å². The number of para-hydroxylation sites is 1. The van der Waals surface area contributed by atoms with Crippen LogP contribution in [0.5, 0.6) is 11.5 Å². The SMILES string of the molecule is COc1ccc2[nH]cc(CCN3C(=O)C4NNC(c5ccccc5)C4C3c3ccccc3OC)c2c1. The predicted molar refractivity (Wildman–Crippen MR) is 139 cm³/mol. The average molecular weight is 483 g/mol. The van der Waals surface area contributed by atoms with Crippen LogP contribution < -0.4 is 20.3 Å². The van der Waals surface area contributed by atoms with E-state index in [1.54, 1.807) is 14.2 Å². The van der Waals surface area contributed by atoms with Crippen LogP contribution in [-0.4, -0.2) is 42.6 Å². The lowest BCUT2D eigenvalue weighted by Crippen LogP contribution is -2.42. The molecule has 1 amide bonds. The van der Waals surface area contributed by atoms with Crippen LogP contribution in [-0.2, 0) is 11.2 Å². The maximum atomic E-state index is 13.8. The number of H-pyrrole nitrogens is 1. The zero-order valence-corrected chi connectivity index (χ0v) is 20.4. The van der Waals surface area contributed by atoms with Crippen molar-refractivity contribution in [2.24, 2.45) is 5.92 Å². The first-order valence-corrected chi connectivity index (χ1v) is 12.3. The molecule has 2 saturated heterocycles. The summed E-state index contributed by atoms with van der Waals surface area (Å²) in [5.41, 5.74) is 11.2. The van der Waals surface area contributed by atoms with E-state index in [1.807, 2.05) is 59.6 Å². The number of nitrogens with one attached hydrogen (secondary N) is 3. The van der Waals surface area contributed by atoms with E-state index in [1.165, 1.54) is 5.56 Å². The number of methoxy groups -OCH3 is 2. The second-order valence-corrected chi connectivity index (χ2v) is 9.43. The van der Waals surface area contributed by atoms with E-state index >= 15 is 0 Å². The van der Waals surface area contributed by atoms with Crippen LogP contribution in [0.4, 0.5) is 0 Å². The van der Waals surface area contributed by atoms with E-state index in [2.05, 4.69) is 40.1 Å². The molecule has 4 atom stereocenters. The number of hydrazine groups is 1. The summed E-state index contributed by atoms with van der Waals surface area (Å²) in [6.07, 6.45) is 2.77. The van der Waals surface area contributed by atoms with Crippen molar-refractivity contribution in [3.8, 4) is 11.5 Å². The highest BCUT2D eigenvalue weighted by atomic mass is 16.5. The first kappa shape index (κ1) is 22.6. The Labute approximate surface area is 210 Å². The summed E-state index contributed by atoms with van der Waals surface area (Å²) in [7, 11) is 3.37. The van der Waals surface area contributed by atoms with E-state index in [9.17, 15) is 4.79 Å². The van der Waals surface area contributed by atoms with Crippen molar-refractivity contribution in [3.05, 3.63) is 95.7 Å². The highest BCUT2D eigenvalue weighted by Crippen LogP contribution is 2.49. The van der Waals surface area contributed by atoms with Gasteiger partial charge < -0.3 is 19.4 Å². The second-order valence-electron chi connectivity index (χ2n) is 9.43. The van der Waals surface area contributed by atoms with E-state index in [4.69, 9.17) is 9.47 Å². The Morgan fingerprint density at radius 3 is 2.47 bits per heavy atom. The Morgan fingerprint density at radius 1 is 0.889 bits per heavy atom. The number of fused-ring (bicyclic) bond motifs is 2. The van der Waals surface area contributed by atoms with Crippen LogP contribution in [0.15, 0.2) is 79.0 Å². The highest BCUT2D eigenvalue weighted by Gasteiger charge is 2.55. The van der Waals surface area contributed by atoms with Gasteiger partial charge in [0.15, 0.2) is 0 Å². The Bertz CT molecular complexity index is 1390. The van der Waals surface area contributed by atoms with Gasteiger partial charge in [-0.05, 0) is 41.8 Å². The minimum atomic E-state index is -0.312. The summed E-state index contributed by atoms with van der Waals surface area (Å²) in [6, 6.07) is 24.0. The van der Waals surface area contributed by atoms with Crippen molar-refractivity contribution < 1.29 is 14.3 Å². The monoisotopic (exact) mass is 482 g/mol. The molecule has 2 fully saturated rings. The molecular formula is C29H30N4O3. The number of likely N-dealkylation sites (tertiary alicyclic amines) is 1. The molecule has 36 heavy (non-hydrogen) atoms. The lowest BCUT2D eigenvalue weighted by atomic mass is 9.83. The molecule has 7 heteroatoms. The Balaban J connectivity index is 1.37. The summed E-state index contributed by atoms with van der Waals surface area (Å²) in [6.45, 7) is 0.599. The molecular weight excluding hydrogens is 452 g/mol. The zero-order valence-electron chi connectivity index (χ0n) is 20.4. The molecule has 3 aromatic carbocycles. The van der Waals surface area contributed by atoms with Crippen molar-refractivity contribution >= 4 is 16.8 Å². The van der Waals surface area contributed by atoms with Gasteiger partial charge in [-0.3, -0.25) is 4.79 Å². The number of benzene rings is 3. The van der Waals surface area contributed by atoms with Crippen LogP contribution in [0.3, 0.4) is 0 Å². The highest BCUT2D eigenvalue weighted by molar-refractivity contribution is 5.87. The van der Waals surface area contributed by atoms with Gasteiger partial charge in [0, 0.05) is 35.1 Å². The van der Waals surface area contributed by atoms with Gasteiger partial charge in [-0.1, -0.05) is 48.5 Å². The third kappa shape index (κ3) is 3.72. The molecule has 0 aliphatic carbocycles. The predicted octanol–water partition coefficient (Wildman–Crippen LogP) is 4.15. The smallest absolute Gasteiger partial charge is 0.242 e. The van der Waals surface area contributed by atoms with Gasteiger partial charge in [-0.2, -0.15) is 0 Å². The number of aromatic amines is 1. The zero-order chi connectivity index (χ0) is 24.6. The lowest BCUT2D eigenvalue weighted by molar-refractivity contribution is -0.130. The lowest BCUT2D eigenvalue weighted by Gasteiger charge is -2.32. The van der Waals surface area contributed by atoms with Gasteiger partial charge >= 0.3 is 0 Å². The maximum absolute atomic E-state index is 13.8. The summed E-state index contributed by atoms with van der Waals surface area (Å²) < 4.78 is 11.2. The molecule has 7 nitrogen and oxygen atoms in total. The van der Waals surface area contributed by atoms with Crippen molar-refractivity contribution in [2.45, 2.75) is 24.5 Å². The Morgan fingerprint density at radius 2 is 1.67 bits per heavy atom. The number of rotatable bonds is 7. The van der Waals surface area contributed by atoms with Gasteiger partial charge in [0.05, 0.1) is 26.3 Å². The number of aromatic nitrogens is 1. The quantitative estimate of drug-likeness (QED) is 0.369. The Hall–Kier alpha value is -3.81. The average Bonchev–Trinajstić information content (AvgIpc) is 3.61. The second kappa shape index (κ2) is 9.33. The van der Waals surface area contributed by atoms with Gasteiger partial charge in [0.2, 0.25) is 5.91 Å². The number of amides is 1. The number of nitrogens with zero attached hydrogens (tertiary/aromatic N) is 1. The molecule has 0 radical (unpaired) electrons. The molecule has 4 aromatic rings. The van der Waals surface area contributed by atoms with Crippen molar-refractivity contribution in [3.63, 3.8) is 0 Å². The fourth-order valence-corrected chi connectivity index (χ4v) is 5.91. The molecule has 2 aliphatic rings. The van der Waals surface area contributed by atoms with Crippen LogP contribution in [0, 0.1) is 5.92 Å². The largest absolute Gasteiger partial charge is 0.497 e. The van der Waals surface area contributed by atoms with Crippen LogP contribution in [0.1, 0.15) is 28.8 Å². The fraction of sp³-hybridized carbons (Fsp3) is 0.276. The van der Waals surface area contributed by atoms with Gasteiger partial charge in [-0.25, -0.2) is 10.9 Å². The number of hydrogen-bond acceptors (Lipinski definition) is 5. The molecule has 4 unspecified atom stereocenters. The molecule has 6 rings (SSSR count). The van der Waals surface area contributed by atoms with Gasteiger partial charge in [-0.15, -0.1) is 0 Å². The summed E-state index contributed by atoms with van der Waals surface area (Å²) in [5.74, 6) is 1.75. The fourth-order valence-electron chi connectivity index (χ4n) is 5.91. The first-order valence-electron chi connectivity index (χ1n) is 12.3. The minimum Gasteiger partial charge on any atom is -0.497 e. The van der Waals surface area contributed by atoms with Crippen molar-refractivity contribution in [2.75, 3.05) is 20.8 Å². The molecule has 1 aromatic heterocycles. The molecule has 0 spiro atoms. The molecule has 184 valence electrons. The Kier molecular flexibility index (Phi) is 5.87. The van der Waals surface area contributed by atoms with Gasteiger partial charge in [0.25, 0.3) is 0 Å². The number of ether oxygens (including phenoxy) is 2. The standard InChI is InChI=1S/C29H30N4O3/c1-35-20-12-13-23-22(16-20)19(17-30-23)14-15-33-28(21-10-6-7-11-24(21)36-2)25-26(18-8-4-3-5-9-18)31-32-27(25)29(33)34/h3-13,16-17,25-28,30-32H,14-15H2,1-2H3. The van der Waals surface area contributed by atoms with Crippen LogP contribution in [0.25, 0.3) is 10.9 Å². The molecule has 2 aliphatic heterocycles. The summed E-state index contributed by atoms with van der Waals surface area (Å²) >= 11 is 0. The minimum absolute atomic E-state index is 0.00240. The number of hydrogen-bond donors (Lipinski definition) is 3. The van der Waals surface area contributed by atoms with E-state index in [0.717, 1.165) is 39.9 Å². The van der Waals surface area contributed by atoms with E-state index < -0.39 is 0 Å². The van der Waals surface area contributed by atoms with E-state index in [0.29, 0.717) is 6.54 Å². The van der Waals surface area contributed by atoms with E-state index in [-0.39, 0.29) is 30.0 Å². The third-order valence-electron chi connectivity index (χ3n) is 7.63. The molecule has 3 N–H and O–H groups in total. The maximum Gasteiger partial charge on any atom is 0.242 e. The molecule has 3 heterocycles.